The van der Waals surface area contributed by atoms with Crippen molar-refractivity contribution < 1.29 is 24.2 Å². The average molecular weight is 468 g/mol. The van der Waals surface area contributed by atoms with Gasteiger partial charge in [-0.25, -0.2) is 0 Å². The molecule has 3 aromatic carbocycles. The minimum absolute atomic E-state index is 0.0961. The molecule has 2 heterocycles. The quantitative estimate of drug-likeness (QED) is 0.326. The van der Waals surface area contributed by atoms with Crippen LogP contribution in [0.5, 0.6) is 17.4 Å². The summed E-state index contributed by atoms with van der Waals surface area (Å²) >= 11 is 0. The van der Waals surface area contributed by atoms with E-state index in [1.54, 1.807) is 72.3 Å². The highest BCUT2D eigenvalue weighted by molar-refractivity contribution is 6.05. The molecule has 35 heavy (non-hydrogen) atoms. The molecular weight excluding hydrogens is 448 g/mol. The summed E-state index contributed by atoms with van der Waals surface area (Å²) in [5, 5.41) is 21.6. The van der Waals surface area contributed by atoms with E-state index in [9.17, 15) is 14.7 Å². The van der Waals surface area contributed by atoms with Gasteiger partial charge in [0.2, 0.25) is 12.7 Å². The molecule has 4 aromatic rings. The van der Waals surface area contributed by atoms with Crippen LogP contribution in [0.25, 0.3) is 17.0 Å². The number of hydrogen-bond acceptors (Lipinski definition) is 6. The average Bonchev–Trinajstić information content (AvgIpc) is 3.45. The zero-order valence-corrected chi connectivity index (χ0v) is 18.6. The second kappa shape index (κ2) is 9.14. The zero-order valence-electron chi connectivity index (χ0n) is 18.6. The maximum Gasteiger partial charge on any atom is 0.311 e. The van der Waals surface area contributed by atoms with Gasteiger partial charge in [0.1, 0.15) is 5.70 Å². The third-order valence-corrected chi connectivity index (χ3v) is 5.51. The summed E-state index contributed by atoms with van der Waals surface area (Å²) in [7, 11) is 1.68. The second-order valence-electron chi connectivity index (χ2n) is 7.74. The molecule has 9 heteroatoms. The Morgan fingerprint density at radius 3 is 2.57 bits per heavy atom. The van der Waals surface area contributed by atoms with Crippen molar-refractivity contribution in [1.82, 2.24) is 9.88 Å². The van der Waals surface area contributed by atoms with Crippen LogP contribution in [0.1, 0.15) is 15.9 Å². The van der Waals surface area contributed by atoms with E-state index in [1.165, 1.54) is 6.08 Å². The molecule has 5 rings (SSSR count). The van der Waals surface area contributed by atoms with E-state index in [-0.39, 0.29) is 24.1 Å². The molecule has 0 saturated heterocycles. The van der Waals surface area contributed by atoms with Gasteiger partial charge in [-0.05, 0) is 42.0 Å². The minimum atomic E-state index is -0.792. The molecule has 1 aliphatic heterocycles. The van der Waals surface area contributed by atoms with E-state index in [2.05, 4.69) is 15.5 Å². The Morgan fingerprint density at radius 2 is 1.74 bits per heavy atom. The lowest BCUT2D eigenvalue weighted by Crippen LogP contribution is -2.26. The molecule has 0 bridgehead atoms. The fraction of sp³-hybridized carbons (Fsp3) is 0.0769. The SMILES string of the molecule is Cn1c(O)c(N=NC(=O)/C(=C\c2ccc3c(c2)OCO3)NC(=O)c2ccccc2)c2ccccc21. The molecule has 9 nitrogen and oxygen atoms in total. The number of aryl methyl sites for hydroxylation is 1. The number of azo groups is 1. The van der Waals surface area contributed by atoms with Crippen molar-refractivity contribution in [2.75, 3.05) is 6.79 Å². The molecule has 0 unspecified atom stereocenters. The van der Waals surface area contributed by atoms with Gasteiger partial charge < -0.3 is 24.5 Å². The predicted octanol–water partition coefficient (Wildman–Crippen LogP) is 4.69. The predicted molar refractivity (Wildman–Crippen MR) is 129 cm³/mol. The minimum Gasteiger partial charge on any atom is -0.493 e. The first-order chi connectivity index (χ1) is 17.0. The lowest BCUT2D eigenvalue weighted by molar-refractivity contribution is -0.115. The number of hydrogen-bond donors (Lipinski definition) is 2. The van der Waals surface area contributed by atoms with Crippen LogP contribution in [0.3, 0.4) is 0 Å². The van der Waals surface area contributed by atoms with E-state index in [0.717, 1.165) is 5.52 Å². The number of para-hydroxylation sites is 1. The molecule has 0 fully saturated rings. The highest BCUT2D eigenvalue weighted by atomic mass is 16.7. The Hall–Kier alpha value is -4.92. The van der Waals surface area contributed by atoms with E-state index in [1.807, 2.05) is 12.1 Å². The standard InChI is InChI=1S/C26H20N4O5/c1-30-20-10-6-5-9-18(20)23(26(30)33)28-29-25(32)19(27-24(31)17-7-3-2-4-8-17)13-16-11-12-21-22(14-16)35-15-34-21/h2-14,33H,15H2,1H3,(H,27,31)/b19-13+,29-28?. The summed E-state index contributed by atoms with van der Waals surface area (Å²) < 4.78 is 12.3. The number of nitrogens with one attached hydrogen (secondary N) is 1. The zero-order chi connectivity index (χ0) is 24.4. The molecule has 1 aromatic heterocycles. The molecule has 0 radical (unpaired) electrons. The van der Waals surface area contributed by atoms with E-state index >= 15 is 0 Å². The number of aromatic hydroxyl groups is 1. The lowest BCUT2D eigenvalue weighted by atomic mass is 10.1. The van der Waals surface area contributed by atoms with Gasteiger partial charge >= 0.3 is 5.91 Å². The van der Waals surface area contributed by atoms with E-state index < -0.39 is 11.8 Å². The maximum absolute atomic E-state index is 13.1. The number of amides is 2. The van der Waals surface area contributed by atoms with Crippen molar-refractivity contribution >= 4 is 34.5 Å². The third kappa shape index (κ3) is 4.34. The Labute approximate surface area is 199 Å². The molecule has 2 amide bonds. The lowest BCUT2D eigenvalue weighted by Gasteiger charge is -2.07. The van der Waals surface area contributed by atoms with Gasteiger partial charge in [0, 0.05) is 18.0 Å². The number of nitrogens with zero attached hydrogens (tertiary/aromatic N) is 3. The van der Waals surface area contributed by atoms with Crippen molar-refractivity contribution in [1.29, 1.82) is 0 Å². The van der Waals surface area contributed by atoms with Crippen molar-refractivity contribution in [3.63, 3.8) is 0 Å². The largest absolute Gasteiger partial charge is 0.493 e. The molecule has 2 N–H and O–H groups in total. The van der Waals surface area contributed by atoms with Crippen molar-refractivity contribution in [3.05, 3.63) is 89.6 Å². The van der Waals surface area contributed by atoms with Gasteiger partial charge in [-0.2, -0.15) is 0 Å². The van der Waals surface area contributed by atoms with Crippen LogP contribution in [0.2, 0.25) is 0 Å². The Balaban J connectivity index is 1.49. The van der Waals surface area contributed by atoms with Crippen LogP contribution in [-0.2, 0) is 11.8 Å². The van der Waals surface area contributed by atoms with Crippen LogP contribution < -0.4 is 14.8 Å². The number of fused-ring (bicyclic) bond motifs is 2. The first-order valence-electron chi connectivity index (χ1n) is 10.7. The van der Waals surface area contributed by atoms with Crippen molar-refractivity contribution in [2.45, 2.75) is 0 Å². The molecule has 1 aliphatic rings. The molecule has 0 aliphatic carbocycles. The first-order valence-corrected chi connectivity index (χ1v) is 10.7. The summed E-state index contributed by atoms with van der Waals surface area (Å²) in [6.45, 7) is 0.113. The summed E-state index contributed by atoms with van der Waals surface area (Å²) in [6, 6.07) is 20.9. The van der Waals surface area contributed by atoms with Gasteiger partial charge in [0.05, 0.1) is 5.52 Å². The van der Waals surface area contributed by atoms with Crippen LogP contribution in [-0.4, -0.2) is 28.3 Å². The fourth-order valence-electron chi connectivity index (χ4n) is 3.71. The third-order valence-electron chi connectivity index (χ3n) is 5.51. The smallest absolute Gasteiger partial charge is 0.311 e. The van der Waals surface area contributed by atoms with Gasteiger partial charge in [-0.3, -0.25) is 9.59 Å². The molecule has 0 atom stereocenters. The van der Waals surface area contributed by atoms with Gasteiger partial charge in [-0.1, -0.05) is 42.5 Å². The Kier molecular flexibility index (Phi) is 5.72. The monoisotopic (exact) mass is 468 g/mol. The summed E-state index contributed by atoms with van der Waals surface area (Å²) in [5.41, 5.74) is 1.77. The first kappa shape index (κ1) is 21.9. The van der Waals surface area contributed by atoms with Gasteiger partial charge in [0.25, 0.3) is 5.91 Å². The highest BCUT2D eigenvalue weighted by Crippen LogP contribution is 2.38. The summed E-state index contributed by atoms with van der Waals surface area (Å²) in [5.74, 6) is -0.275. The molecular formula is C26H20N4O5. The second-order valence-corrected chi connectivity index (χ2v) is 7.74. The van der Waals surface area contributed by atoms with Gasteiger partial charge in [-0.15, -0.1) is 10.2 Å². The molecule has 0 saturated carbocycles. The topological polar surface area (TPSA) is 115 Å². The number of aromatic nitrogens is 1. The fourth-order valence-corrected chi connectivity index (χ4v) is 3.71. The molecule has 0 spiro atoms. The summed E-state index contributed by atoms with van der Waals surface area (Å²) in [4.78, 5) is 25.9. The van der Waals surface area contributed by atoms with E-state index in [0.29, 0.717) is 28.0 Å². The Morgan fingerprint density at radius 1 is 1.00 bits per heavy atom. The van der Waals surface area contributed by atoms with Crippen LogP contribution in [0, 0.1) is 0 Å². The van der Waals surface area contributed by atoms with Crippen LogP contribution in [0.15, 0.2) is 88.7 Å². The van der Waals surface area contributed by atoms with E-state index in [4.69, 9.17) is 9.47 Å². The number of carbonyl (C=O) groups is 2. The van der Waals surface area contributed by atoms with Crippen LogP contribution >= 0.6 is 0 Å². The summed E-state index contributed by atoms with van der Waals surface area (Å²) in [6.07, 6.45) is 1.48. The Bertz CT molecular complexity index is 1510. The highest BCUT2D eigenvalue weighted by Gasteiger charge is 2.18. The number of carbonyl (C=O) groups excluding carboxylic acids is 2. The normalized spacial score (nSPS) is 12.9. The molecule has 174 valence electrons. The van der Waals surface area contributed by atoms with Crippen molar-refractivity contribution in [3.8, 4) is 17.4 Å². The van der Waals surface area contributed by atoms with Gasteiger partial charge in [0.15, 0.2) is 17.2 Å². The maximum atomic E-state index is 13.1. The number of rotatable bonds is 5. The van der Waals surface area contributed by atoms with Crippen molar-refractivity contribution in [2.24, 2.45) is 17.3 Å². The number of benzene rings is 3. The number of ether oxygens (including phenoxy) is 2. The van der Waals surface area contributed by atoms with Crippen LogP contribution in [0.4, 0.5) is 5.69 Å².